The van der Waals surface area contributed by atoms with Gasteiger partial charge in [0.15, 0.2) is 0 Å². The van der Waals surface area contributed by atoms with Crippen LogP contribution in [0.15, 0.2) is 54.6 Å². The fourth-order valence-corrected chi connectivity index (χ4v) is 3.44. The zero-order valence-electron chi connectivity index (χ0n) is 14.9. The molecule has 1 aliphatic rings. The Labute approximate surface area is 148 Å². The quantitative estimate of drug-likeness (QED) is 0.770. The van der Waals surface area contributed by atoms with E-state index in [1.807, 2.05) is 6.07 Å². The van der Waals surface area contributed by atoms with E-state index in [4.69, 9.17) is 4.98 Å². The van der Waals surface area contributed by atoms with E-state index in [1.165, 1.54) is 29.5 Å². The first-order valence-electron chi connectivity index (χ1n) is 8.98. The third kappa shape index (κ3) is 3.04. The highest BCUT2D eigenvalue weighted by Crippen LogP contribution is 2.31. The smallest absolute Gasteiger partial charge is 0.244 e. The number of benzene rings is 2. The molecule has 3 aromatic rings. The zero-order valence-corrected chi connectivity index (χ0v) is 14.9. The number of aromatic amines is 1. The molecule has 1 aromatic heterocycles. The van der Waals surface area contributed by atoms with Gasteiger partial charge in [0.1, 0.15) is 5.82 Å². The van der Waals surface area contributed by atoms with Crippen LogP contribution in [0.3, 0.4) is 0 Å². The number of rotatable bonds is 4. The predicted octanol–water partition coefficient (Wildman–Crippen LogP) is 4.40. The molecular formula is C21H24N4. The standard InChI is InChI=1S/C21H24N4/c1-21(2,19-22-20(24-23-19)25-14-6-7-15-25)18-12-10-17(11-13-18)16-8-4-3-5-9-16/h3-5,8-13H,6-7,14-15H2,1-2H3,(H,22,23,24). The molecule has 1 fully saturated rings. The molecule has 25 heavy (non-hydrogen) atoms. The predicted molar refractivity (Wildman–Crippen MR) is 102 cm³/mol. The van der Waals surface area contributed by atoms with Gasteiger partial charge in [-0.1, -0.05) is 54.6 Å². The van der Waals surface area contributed by atoms with Gasteiger partial charge >= 0.3 is 0 Å². The highest BCUT2D eigenvalue weighted by atomic mass is 15.4. The van der Waals surface area contributed by atoms with Crippen LogP contribution < -0.4 is 4.90 Å². The second-order valence-electron chi connectivity index (χ2n) is 7.25. The molecule has 4 rings (SSSR count). The molecule has 2 heterocycles. The maximum atomic E-state index is 4.78. The molecule has 0 bridgehead atoms. The van der Waals surface area contributed by atoms with Crippen LogP contribution in [0.4, 0.5) is 5.95 Å². The van der Waals surface area contributed by atoms with Crippen molar-refractivity contribution in [2.75, 3.05) is 18.0 Å². The molecular weight excluding hydrogens is 308 g/mol. The average molecular weight is 332 g/mol. The van der Waals surface area contributed by atoms with E-state index in [1.54, 1.807) is 0 Å². The number of aromatic nitrogens is 3. The number of anilines is 1. The van der Waals surface area contributed by atoms with E-state index in [-0.39, 0.29) is 5.41 Å². The van der Waals surface area contributed by atoms with Crippen molar-refractivity contribution >= 4 is 5.95 Å². The van der Waals surface area contributed by atoms with Gasteiger partial charge in [0, 0.05) is 18.5 Å². The summed E-state index contributed by atoms with van der Waals surface area (Å²) in [7, 11) is 0. The summed E-state index contributed by atoms with van der Waals surface area (Å²) in [6, 6.07) is 19.2. The minimum Gasteiger partial charge on any atom is -0.340 e. The van der Waals surface area contributed by atoms with Crippen LogP contribution >= 0.6 is 0 Å². The van der Waals surface area contributed by atoms with Crippen molar-refractivity contribution in [3.05, 3.63) is 66.0 Å². The Morgan fingerprint density at radius 1 is 0.880 bits per heavy atom. The average Bonchev–Trinajstić information content (AvgIpc) is 3.34. The lowest BCUT2D eigenvalue weighted by Crippen LogP contribution is -2.22. The summed E-state index contributed by atoms with van der Waals surface area (Å²) < 4.78 is 0. The maximum Gasteiger partial charge on any atom is 0.244 e. The summed E-state index contributed by atoms with van der Waals surface area (Å²) in [5, 5.41) is 7.61. The molecule has 1 aliphatic heterocycles. The Hall–Kier alpha value is -2.62. The van der Waals surface area contributed by atoms with Gasteiger partial charge in [0.05, 0.1) is 0 Å². The van der Waals surface area contributed by atoms with Crippen molar-refractivity contribution in [3.8, 4) is 11.1 Å². The highest BCUT2D eigenvalue weighted by Gasteiger charge is 2.28. The molecule has 4 nitrogen and oxygen atoms in total. The maximum absolute atomic E-state index is 4.78. The summed E-state index contributed by atoms with van der Waals surface area (Å²) >= 11 is 0. The van der Waals surface area contributed by atoms with Crippen LogP contribution in [0.2, 0.25) is 0 Å². The summed E-state index contributed by atoms with van der Waals surface area (Å²) in [6.45, 7) is 6.50. The lowest BCUT2D eigenvalue weighted by molar-refractivity contribution is 0.593. The Morgan fingerprint density at radius 3 is 2.20 bits per heavy atom. The molecule has 2 aromatic carbocycles. The molecule has 0 spiro atoms. The number of hydrogen-bond donors (Lipinski definition) is 1. The molecule has 0 aliphatic carbocycles. The van der Waals surface area contributed by atoms with Gasteiger partial charge in [-0.25, -0.2) is 0 Å². The van der Waals surface area contributed by atoms with E-state index in [0.717, 1.165) is 24.9 Å². The van der Waals surface area contributed by atoms with Gasteiger partial charge in [0.2, 0.25) is 5.95 Å². The fraction of sp³-hybridized carbons (Fsp3) is 0.333. The van der Waals surface area contributed by atoms with Crippen LogP contribution in [0.1, 0.15) is 38.1 Å². The second kappa shape index (κ2) is 6.36. The lowest BCUT2D eigenvalue weighted by Gasteiger charge is -2.22. The summed E-state index contributed by atoms with van der Waals surface area (Å²) in [5.41, 5.74) is 3.50. The molecule has 0 amide bonds. The highest BCUT2D eigenvalue weighted by molar-refractivity contribution is 5.63. The largest absolute Gasteiger partial charge is 0.340 e. The van der Waals surface area contributed by atoms with Gasteiger partial charge in [-0.05, 0) is 43.4 Å². The van der Waals surface area contributed by atoms with Crippen LogP contribution in [-0.2, 0) is 5.41 Å². The normalized spacial score (nSPS) is 14.9. The van der Waals surface area contributed by atoms with Gasteiger partial charge in [-0.15, -0.1) is 5.10 Å². The summed E-state index contributed by atoms with van der Waals surface area (Å²) in [4.78, 5) is 7.04. The molecule has 0 unspecified atom stereocenters. The molecule has 128 valence electrons. The molecule has 1 N–H and O–H groups in total. The van der Waals surface area contributed by atoms with E-state index in [2.05, 4.69) is 77.5 Å². The first kappa shape index (κ1) is 15.9. The monoisotopic (exact) mass is 332 g/mol. The first-order valence-corrected chi connectivity index (χ1v) is 8.98. The van der Waals surface area contributed by atoms with Crippen molar-refractivity contribution in [1.82, 2.24) is 15.2 Å². The Bertz CT molecular complexity index is 828. The number of nitrogens with one attached hydrogen (secondary N) is 1. The number of H-pyrrole nitrogens is 1. The minimum atomic E-state index is -0.208. The van der Waals surface area contributed by atoms with E-state index in [9.17, 15) is 0 Å². The Morgan fingerprint density at radius 2 is 1.52 bits per heavy atom. The third-order valence-electron chi connectivity index (χ3n) is 5.17. The van der Waals surface area contributed by atoms with E-state index in [0.29, 0.717) is 0 Å². The lowest BCUT2D eigenvalue weighted by atomic mass is 9.83. The first-order chi connectivity index (χ1) is 12.1. The van der Waals surface area contributed by atoms with Crippen molar-refractivity contribution < 1.29 is 0 Å². The molecule has 0 saturated carbocycles. The van der Waals surface area contributed by atoms with Crippen LogP contribution in [0.25, 0.3) is 11.1 Å². The molecule has 0 atom stereocenters. The van der Waals surface area contributed by atoms with Gasteiger partial charge in [0.25, 0.3) is 0 Å². The van der Waals surface area contributed by atoms with Crippen LogP contribution in [0, 0.1) is 0 Å². The van der Waals surface area contributed by atoms with Gasteiger partial charge in [-0.2, -0.15) is 4.98 Å². The van der Waals surface area contributed by atoms with Gasteiger partial charge in [-0.3, -0.25) is 5.10 Å². The number of nitrogens with zero attached hydrogens (tertiary/aromatic N) is 3. The Kier molecular flexibility index (Phi) is 4.04. The SMILES string of the molecule is CC(C)(c1ccc(-c2ccccc2)cc1)c1nc(N2CCCC2)n[nH]1. The van der Waals surface area contributed by atoms with Crippen LogP contribution in [-0.4, -0.2) is 28.3 Å². The van der Waals surface area contributed by atoms with E-state index < -0.39 is 0 Å². The number of hydrogen-bond acceptors (Lipinski definition) is 3. The molecule has 0 radical (unpaired) electrons. The van der Waals surface area contributed by atoms with Crippen LogP contribution in [0.5, 0.6) is 0 Å². The van der Waals surface area contributed by atoms with Gasteiger partial charge < -0.3 is 4.90 Å². The molecule has 1 saturated heterocycles. The van der Waals surface area contributed by atoms with Crippen molar-refractivity contribution in [1.29, 1.82) is 0 Å². The second-order valence-corrected chi connectivity index (χ2v) is 7.25. The van der Waals surface area contributed by atoms with E-state index >= 15 is 0 Å². The Balaban J connectivity index is 1.59. The van der Waals surface area contributed by atoms with Crippen molar-refractivity contribution in [2.24, 2.45) is 0 Å². The van der Waals surface area contributed by atoms with Crippen molar-refractivity contribution in [3.63, 3.8) is 0 Å². The topological polar surface area (TPSA) is 44.8 Å². The van der Waals surface area contributed by atoms with Crippen molar-refractivity contribution in [2.45, 2.75) is 32.1 Å². The molecule has 4 heteroatoms. The zero-order chi connectivity index (χ0) is 17.3. The summed E-state index contributed by atoms with van der Waals surface area (Å²) in [6.07, 6.45) is 2.46. The minimum absolute atomic E-state index is 0.208. The fourth-order valence-electron chi connectivity index (χ4n) is 3.44. The summed E-state index contributed by atoms with van der Waals surface area (Å²) in [5.74, 6) is 1.75. The third-order valence-corrected chi connectivity index (χ3v) is 5.17.